The smallest absolute Gasteiger partial charge is 0.407 e. The van der Waals surface area contributed by atoms with Crippen molar-refractivity contribution in [1.29, 1.82) is 0 Å². The van der Waals surface area contributed by atoms with E-state index in [-0.39, 0.29) is 38.9 Å². The highest BCUT2D eigenvalue weighted by molar-refractivity contribution is 5.99. The van der Waals surface area contributed by atoms with Crippen LogP contribution in [0.15, 0.2) is 0 Å². The van der Waals surface area contributed by atoms with Crippen molar-refractivity contribution in [2.75, 3.05) is 39.3 Å². The van der Waals surface area contributed by atoms with Crippen molar-refractivity contribution in [3.8, 4) is 0 Å². The number of carbonyl (C=O) groups is 15. The van der Waals surface area contributed by atoms with Crippen LogP contribution in [0, 0.1) is 0 Å². The van der Waals surface area contributed by atoms with Gasteiger partial charge in [0.1, 0.15) is 82.4 Å². The van der Waals surface area contributed by atoms with Crippen molar-refractivity contribution in [3.63, 3.8) is 0 Å². The second-order valence-electron chi connectivity index (χ2n) is 31.4. The molecule has 0 radical (unpaired) electrons. The van der Waals surface area contributed by atoms with Crippen molar-refractivity contribution < 1.29 is 106 Å². The van der Waals surface area contributed by atoms with Crippen molar-refractivity contribution in [3.05, 3.63) is 0 Å². The fraction of sp³-hybridized carbons (Fsp3) is 0.786. The molecule has 618 valence electrons. The van der Waals surface area contributed by atoms with Gasteiger partial charge in [-0.15, -0.1) is 0 Å². The monoisotopic (exact) mass is 1540 g/mol. The standard InChI is InChI=1S/C70H126N16O22/c1-20-21-22-23-24-25-26-43-53(91)78-39(2)51(89)79-44(29-35-74-62(100)105-67(8,9)10)54(92)83-48(32-38-77-65(103)108-70(17,18)19)58(96)86-49(40(3)87)59(97)72-34-28-45(56(94)82-46(55(93)80-43)30-36-75-63(101)106-68(11,12)13)81-57(95)47(31-37-76-64(102)107-69(14,15)16)84-60(98)50(41(4)88)85-52(90)42(71)27-33-73-61(99)104-66(5,6)7/h39-50,87-88H,20-38,71H2,1-19H3,(H,72,97)(H,73,99)(H,74,100)(H,75,101)(H,76,102)(H,77,103)(H,78,91)(H,79,89)(H,80,93)(H,81,95)(H,82,94)(H,83,92)(H,84,98)(H,85,90)(H,86,96)/t39-,40+,41+,42-,43+,44-,45-,46-,47-,48-,49-,50-/m0/s1. The number of alkyl carbamates (subject to hydrolysis) is 5. The highest BCUT2D eigenvalue weighted by atomic mass is 16.6. The van der Waals surface area contributed by atoms with Gasteiger partial charge in [0, 0.05) is 39.3 Å². The van der Waals surface area contributed by atoms with Gasteiger partial charge < -0.3 is 119 Å². The molecular weight excluding hydrogens is 1420 g/mol. The van der Waals surface area contributed by atoms with Gasteiger partial charge in [0.2, 0.25) is 59.1 Å². The van der Waals surface area contributed by atoms with Gasteiger partial charge in [0.15, 0.2) is 0 Å². The molecule has 0 aromatic rings. The third-order valence-corrected chi connectivity index (χ3v) is 15.1. The molecule has 38 nitrogen and oxygen atoms in total. The Morgan fingerprint density at radius 2 is 0.806 bits per heavy atom. The average Bonchev–Trinajstić information content (AvgIpc) is 0.931. The lowest BCUT2D eigenvalue weighted by molar-refractivity contribution is -0.136. The summed E-state index contributed by atoms with van der Waals surface area (Å²) in [5.41, 5.74) is 1.35. The first-order valence-electron chi connectivity index (χ1n) is 36.8. The molecule has 38 heteroatoms. The number of ether oxygens (including phenoxy) is 5. The van der Waals surface area contributed by atoms with Crippen LogP contribution in [0.5, 0.6) is 0 Å². The van der Waals surface area contributed by atoms with Gasteiger partial charge >= 0.3 is 30.5 Å². The Morgan fingerprint density at radius 1 is 0.444 bits per heavy atom. The molecule has 19 N–H and O–H groups in total. The van der Waals surface area contributed by atoms with E-state index in [1.54, 1.807) is 104 Å². The van der Waals surface area contributed by atoms with Crippen LogP contribution < -0.4 is 85.5 Å². The zero-order chi connectivity index (χ0) is 82.7. The summed E-state index contributed by atoms with van der Waals surface area (Å²) in [6.45, 7) is 27.2. The number of nitrogens with two attached hydrogens (primary N) is 1. The molecule has 108 heavy (non-hydrogen) atoms. The van der Waals surface area contributed by atoms with E-state index in [2.05, 4.69) is 79.8 Å². The van der Waals surface area contributed by atoms with Crippen LogP contribution >= 0.6 is 0 Å². The van der Waals surface area contributed by atoms with Crippen LogP contribution in [0.25, 0.3) is 0 Å². The maximum absolute atomic E-state index is 15.1. The molecule has 0 aromatic heterocycles. The molecule has 1 rings (SSSR count). The highest BCUT2D eigenvalue weighted by Crippen LogP contribution is 2.15. The zero-order valence-electron chi connectivity index (χ0n) is 66.5. The maximum Gasteiger partial charge on any atom is 0.407 e. The molecule has 1 aliphatic heterocycles. The van der Waals surface area contributed by atoms with Gasteiger partial charge in [-0.25, -0.2) is 24.0 Å². The summed E-state index contributed by atoms with van der Waals surface area (Å²) in [5.74, 6) is -10.9. The molecule has 1 aliphatic rings. The number of hydrogen-bond donors (Lipinski definition) is 18. The molecule has 0 unspecified atom stereocenters. The molecular formula is C70H126N16O22. The summed E-state index contributed by atoms with van der Waals surface area (Å²) >= 11 is 0. The largest absolute Gasteiger partial charge is 0.444 e. The Morgan fingerprint density at radius 3 is 1.21 bits per heavy atom. The van der Waals surface area contributed by atoms with E-state index in [1.807, 2.05) is 6.92 Å². The first-order valence-corrected chi connectivity index (χ1v) is 36.8. The van der Waals surface area contributed by atoms with Crippen LogP contribution in [0.2, 0.25) is 0 Å². The minimum Gasteiger partial charge on any atom is -0.444 e. The summed E-state index contributed by atoms with van der Waals surface area (Å²) in [4.78, 5) is 209. The maximum atomic E-state index is 15.1. The first-order chi connectivity index (χ1) is 49.8. The molecule has 12 atom stereocenters. The SMILES string of the molecule is CCCCCCCC[C@H]1NC(=O)[C@H](CCNC(=O)OC(C)(C)C)NC(=O)[C@@H](NC(=O)[C@H](CCNC(=O)OC(C)(C)C)NC(=O)[C@@H](NC(=O)[C@@H](N)CCNC(=O)OC(C)(C)C)[C@@H](C)O)CCNC(=O)[C@H]([C@@H](C)O)NC(=O)[C@H](CCNC(=O)OC(C)(C)C)NC(=O)[C@H](CCNC(=O)OC(C)(C)C)NC(=O)[C@H](C)NC1=O. The summed E-state index contributed by atoms with van der Waals surface area (Å²) in [6.07, 6.45) is -6.29. The van der Waals surface area contributed by atoms with Crippen LogP contribution in [0.3, 0.4) is 0 Å². The molecule has 0 spiro atoms. The minimum absolute atomic E-state index is 0.0517. The van der Waals surface area contributed by atoms with Gasteiger partial charge in [-0.3, -0.25) is 47.9 Å². The lowest BCUT2D eigenvalue weighted by Gasteiger charge is -2.29. The predicted octanol–water partition coefficient (Wildman–Crippen LogP) is 0.303. The molecule has 0 aromatic carbocycles. The second kappa shape index (κ2) is 46.3. The molecule has 0 saturated carbocycles. The summed E-state index contributed by atoms with van der Waals surface area (Å²) in [7, 11) is 0. The number of aliphatic hydroxyl groups is 2. The van der Waals surface area contributed by atoms with Crippen LogP contribution in [-0.2, 0) is 71.6 Å². The molecule has 15 amide bonds. The third-order valence-electron chi connectivity index (χ3n) is 15.1. The van der Waals surface area contributed by atoms with Crippen molar-refractivity contribution >= 4 is 89.5 Å². The minimum atomic E-state index is -1.89. The zero-order valence-corrected chi connectivity index (χ0v) is 66.5. The molecule has 0 aliphatic carbocycles. The summed E-state index contributed by atoms with van der Waals surface area (Å²) < 4.78 is 26.6. The topological polar surface area (TPSA) is 549 Å². The number of carbonyl (C=O) groups excluding carboxylic acids is 15. The molecule has 1 heterocycles. The van der Waals surface area contributed by atoms with Crippen LogP contribution in [-0.4, -0.2) is 240 Å². The van der Waals surface area contributed by atoms with E-state index in [9.17, 15) is 77.3 Å². The van der Waals surface area contributed by atoms with Gasteiger partial charge in [0.05, 0.1) is 18.2 Å². The fourth-order valence-electron chi connectivity index (χ4n) is 9.85. The van der Waals surface area contributed by atoms with Crippen molar-refractivity contribution in [1.82, 2.24) is 79.8 Å². The Kier molecular flexibility index (Phi) is 41.6. The lowest BCUT2D eigenvalue weighted by Crippen LogP contribution is -2.61. The predicted molar refractivity (Wildman–Crippen MR) is 394 cm³/mol. The Balaban J connectivity index is 4.36. The highest BCUT2D eigenvalue weighted by Gasteiger charge is 2.38. The van der Waals surface area contributed by atoms with Gasteiger partial charge in [-0.1, -0.05) is 45.4 Å². The van der Waals surface area contributed by atoms with Gasteiger partial charge in [-0.2, -0.15) is 0 Å². The van der Waals surface area contributed by atoms with Crippen LogP contribution in [0.1, 0.15) is 215 Å². The first kappa shape index (κ1) is 96.9. The van der Waals surface area contributed by atoms with Crippen molar-refractivity contribution in [2.45, 2.75) is 316 Å². The van der Waals surface area contributed by atoms with E-state index in [0.29, 0.717) is 12.8 Å². The van der Waals surface area contributed by atoms with E-state index in [0.717, 1.165) is 39.5 Å². The second-order valence-corrected chi connectivity index (χ2v) is 31.4. The Hall–Kier alpha value is -9.07. The van der Waals surface area contributed by atoms with E-state index in [1.165, 1.54) is 6.92 Å². The number of rotatable bonds is 30. The van der Waals surface area contributed by atoms with E-state index in [4.69, 9.17) is 29.4 Å². The van der Waals surface area contributed by atoms with Crippen molar-refractivity contribution in [2.24, 2.45) is 5.73 Å². The normalized spacial score (nSPS) is 20.6. The lowest BCUT2D eigenvalue weighted by atomic mass is 10.0. The number of aliphatic hydroxyl groups excluding tert-OH is 2. The number of nitrogens with one attached hydrogen (secondary N) is 15. The molecule has 1 fully saturated rings. The summed E-state index contributed by atoms with van der Waals surface area (Å²) in [6, 6.07) is -16.9. The van der Waals surface area contributed by atoms with E-state index < -0.39 is 235 Å². The number of amides is 15. The molecule has 1 saturated heterocycles. The van der Waals surface area contributed by atoms with Crippen LogP contribution in [0.4, 0.5) is 24.0 Å². The molecule has 0 bridgehead atoms. The quantitative estimate of drug-likeness (QED) is 0.0340. The Bertz CT molecular complexity index is 2990. The number of hydrogen-bond acceptors (Lipinski definition) is 23. The van der Waals surface area contributed by atoms with E-state index >= 15 is 4.79 Å². The average molecular weight is 1540 g/mol. The number of unbranched alkanes of at least 4 members (excludes halogenated alkanes) is 5. The third kappa shape index (κ3) is 43.1. The van der Waals surface area contributed by atoms with Gasteiger partial charge in [-0.05, 0) is 170 Å². The van der Waals surface area contributed by atoms with Gasteiger partial charge in [0.25, 0.3) is 0 Å². The Labute approximate surface area is 633 Å². The fourth-order valence-corrected chi connectivity index (χ4v) is 9.85. The summed E-state index contributed by atoms with van der Waals surface area (Å²) in [5, 5.41) is 59.5.